The van der Waals surface area contributed by atoms with E-state index in [4.69, 9.17) is 0 Å². The van der Waals surface area contributed by atoms with Gasteiger partial charge in [-0.2, -0.15) is 0 Å². The molecule has 2 aliphatic rings. The van der Waals surface area contributed by atoms with Crippen LogP contribution < -0.4 is 5.32 Å². The highest BCUT2D eigenvalue weighted by atomic mass is 35.5. The van der Waals surface area contributed by atoms with Crippen LogP contribution in [0.25, 0.3) is 0 Å². The van der Waals surface area contributed by atoms with E-state index in [0.717, 1.165) is 26.1 Å². The third kappa shape index (κ3) is 1.54. The average Bonchev–Trinajstić information content (AvgIpc) is 2.50. The summed E-state index contributed by atoms with van der Waals surface area (Å²) in [5.74, 6) is 0.668. The van der Waals surface area contributed by atoms with E-state index in [1.165, 1.54) is 6.42 Å². The van der Waals surface area contributed by atoms with Crippen molar-refractivity contribution >= 4 is 12.4 Å². The molecule has 2 atom stereocenters. The molecule has 0 aromatic rings. The van der Waals surface area contributed by atoms with Crippen molar-refractivity contribution in [2.45, 2.75) is 18.9 Å². The molecule has 0 radical (unpaired) electrons. The van der Waals surface area contributed by atoms with Crippen molar-refractivity contribution in [3.63, 3.8) is 0 Å². The van der Waals surface area contributed by atoms with Gasteiger partial charge in [0.1, 0.15) is 0 Å². The summed E-state index contributed by atoms with van der Waals surface area (Å²) in [7, 11) is 0. The zero-order valence-electron chi connectivity index (χ0n) is 6.90. The van der Waals surface area contributed by atoms with E-state index in [-0.39, 0.29) is 12.4 Å². The first-order chi connectivity index (χ1) is 5.42. The molecule has 12 heavy (non-hydrogen) atoms. The lowest BCUT2D eigenvalue weighted by Gasteiger charge is -2.31. The van der Waals surface area contributed by atoms with Gasteiger partial charge in [0.25, 0.3) is 0 Å². The van der Waals surface area contributed by atoms with Crippen molar-refractivity contribution in [3.05, 3.63) is 4.91 Å². The lowest BCUT2D eigenvalue weighted by molar-refractivity contribution is 0.128. The third-order valence-corrected chi connectivity index (χ3v) is 2.75. The van der Waals surface area contributed by atoms with Gasteiger partial charge >= 0.3 is 0 Å². The van der Waals surface area contributed by atoms with Gasteiger partial charge in [0.15, 0.2) is 0 Å². The van der Waals surface area contributed by atoms with Crippen molar-refractivity contribution in [1.82, 2.24) is 10.3 Å². The second-order valence-corrected chi connectivity index (χ2v) is 3.37. The van der Waals surface area contributed by atoms with Crippen LogP contribution >= 0.6 is 12.4 Å². The third-order valence-electron chi connectivity index (χ3n) is 2.75. The summed E-state index contributed by atoms with van der Waals surface area (Å²) in [5.41, 5.74) is 0. The van der Waals surface area contributed by atoms with Gasteiger partial charge in [-0.05, 0) is 18.8 Å². The molecule has 2 saturated heterocycles. The molecule has 0 amide bonds. The van der Waals surface area contributed by atoms with Crippen LogP contribution in [0.4, 0.5) is 0 Å². The molecule has 2 aliphatic heterocycles. The zero-order valence-corrected chi connectivity index (χ0v) is 7.72. The average molecular weight is 192 g/mol. The molecule has 5 heteroatoms. The Labute approximate surface area is 78.0 Å². The van der Waals surface area contributed by atoms with E-state index < -0.39 is 0 Å². The van der Waals surface area contributed by atoms with E-state index >= 15 is 0 Å². The maximum atomic E-state index is 10.4. The standard InChI is InChI=1S/C7H13N3O.ClH/c11-9-10-3-1-2-6-4-8-5-7(6)10;/h6-8H,1-5H2;1H. The summed E-state index contributed by atoms with van der Waals surface area (Å²) in [6, 6.07) is 0.390. The van der Waals surface area contributed by atoms with Gasteiger partial charge in [-0.1, -0.05) is 0 Å². The topological polar surface area (TPSA) is 44.7 Å². The van der Waals surface area contributed by atoms with Gasteiger partial charge in [0.2, 0.25) is 0 Å². The Kier molecular flexibility index (Phi) is 3.29. The van der Waals surface area contributed by atoms with Crippen LogP contribution in [0.15, 0.2) is 5.29 Å². The molecule has 0 spiro atoms. The summed E-state index contributed by atoms with van der Waals surface area (Å²) in [4.78, 5) is 10.4. The molecule has 0 bridgehead atoms. The predicted octanol–water partition coefficient (Wildman–Crippen LogP) is 0.773. The second-order valence-electron chi connectivity index (χ2n) is 3.37. The van der Waals surface area contributed by atoms with Gasteiger partial charge in [-0.25, -0.2) is 0 Å². The molecular formula is C7H14ClN3O. The Morgan fingerprint density at radius 1 is 1.42 bits per heavy atom. The fourth-order valence-electron chi connectivity index (χ4n) is 2.15. The monoisotopic (exact) mass is 191 g/mol. The number of fused-ring (bicyclic) bond motifs is 1. The SMILES string of the molecule is Cl.O=NN1CCCC2CNCC21. The number of piperidine rings is 1. The summed E-state index contributed by atoms with van der Waals surface area (Å²) in [6.07, 6.45) is 2.37. The molecule has 0 aliphatic carbocycles. The van der Waals surface area contributed by atoms with Crippen LogP contribution in [0.1, 0.15) is 12.8 Å². The number of rotatable bonds is 1. The number of hydrogen-bond donors (Lipinski definition) is 1. The molecular weight excluding hydrogens is 178 g/mol. The molecule has 0 aromatic carbocycles. The van der Waals surface area contributed by atoms with E-state index in [9.17, 15) is 4.91 Å². The number of nitroso groups, excluding NO2 is 1. The van der Waals surface area contributed by atoms with E-state index in [2.05, 4.69) is 10.6 Å². The molecule has 2 unspecified atom stereocenters. The molecule has 2 fully saturated rings. The van der Waals surface area contributed by atoms with E-state index in [1.807, 2.05) is 0 Å². The first kappa shape index (κ1) is 9.74. The lowest BCUT2D eigenvalue weighted by Crippen LogP contribution is -2.41. The lowest BCUT2D eigenvalue weighted by atomic mass is 9.93. The minimum Gasteiger partial charge on any atom is -0.314 e. The Hall–Kier alpha value is -0.350. The maximum absolute atomic E-state index is 10.4. The second kappa shape index (κ2) is 4.05. The minimum absolute atomic E-state index is 0. The zero-order chi connectivity index (χ0) is 7.68. The summed E-state index contributed by atoms with van der Waals surface area (Å²) in [5, 5.41) is 8.02. The van der Waals surface area contributed by atoms with E-state index in [0.29, 0.717) is 12.0 Å². The maximum Gasteiger partial charge on any atom is 0.0667 e. The highest BCUT2D eigenvalue weighted by Crippen LogP contribution is 2.25. The Morgan fingerprint density at radius 2 is 2.25 bits per heavy atom. The molecule has 2 heterocycles. The number of nitrogens with zero attached hydrogens (tertiary/aromatic N) is 2. The summed E-state index contributed by atoms with van der Waals surface area (Å²) < 4.78 is 0. The normalized spacial score (nSPS) is 33.8. The minimum atomic E-state index is 0. The fraction of sp³-hybridized carbons (Fsp3) is 1.00. The van der Waals surface area contributed by atoms with E-state index in [1.54, 1.807) is 5.01 Å². The summed E-state index contributed by atoms with van der Waals surface area (Å²) >= 11 is 0. The van der Waals surface area contributed by atoms with Crippen molar-refractivity contribution in [2.24, 2.45) is 11.2 Å². The van der Waals surface area contributed by atoms with Crippen molar-refractivity contribution in [3.8, 4) is 0 Å². The molecule has 0 aromatic heterocycles. The smallest absolute Gasteiger partial charge is 0.0667 e. The number of nitrogens with one attached hydrogen (secondary N) is 1. The quantitative estimate of drug-likeness (QED) is 0.623. The van der Waals surface area contributed by atoms with Crippen LogP contribution in [0.5, 0.6) is 0 Å². The summed E-state index contributed by atoms with van der Waals surface area (Å²) in [6.45, 7) is 2.86. The van der Waals surface area contributed by atoms with Crippen LogP contribution in [-0.2, 0) is 0 Å². The molecule has 70 valence electrons. The van der Waals surface area contributed by atoms with Crippen LogP contribution in [-0.4, -0.2) is 30.7 Å². The molecule has 4 nitrogen and oxygen atoms in total. The fourth-order valence-corrected chi connectivity index (χ4v) is 2.15. The number of hydrogen-bond acceptors (Lipinski definition) is 3. The molecule has 1 N–H and O–H groups in total. The number of halogens is 1. The molecule has 0 saturated carbocycles. The highest BCUT2D eigenvalue weighted by Gasteiger charge is 2.35. The predicted molar refractivity (Wildman–Crippen MR) is 49.1 cm³/mol. The van der Waals surface area contributed by atoms with Gasteiger partial charge in [0.05, 0.1) is 11.3 Å². The van der Waals surface area contributed by atoms with Gasteiger partial charge in [0, 0.05) is 19.6 Å². The largest absolute Gasteiger partial charge is 0.314 e. The van der Waals surface area contributed by atoms with Gasteiger partial charge in [-0.3, -0.25) is 5.01 Å². The highest BCUT2D eigenvalue weighted by molar-refractivity contribution is 5.85. The van der Waals surface area contributed by atoms with Gasteiger partial charge < -0.3 is 5.32 Å². The van der Waals surface area contributed by atoms with Crippen LogP contribution in [0, 0.1) is 10.8 Å². The van der Waals surface area contributed by atoms with Crippen molar-refractivity contribution in [2.75, 3.05) is 19.6 Å². The molecule has 2 rings (SSSR count). The van der Waals surface area contributed by atoms with Crippen molar-refractivity contribution in [1.29, 1.82) is 0 Å². The first-order valence-corrected chi connectivity index (χ1v) is 4.22. The Bertz CT molecular complexity index is 167. The Balaban J connectivity index is 0.000000720. The van der Waals surface area contributed by atoms with Gasteiger partial charge in [-0.15, -0.1) is 17.3 Å². The van der Waals surface area contributed by atoms with Crippen LogP contribution in [0.2, 0.25) is 0 Å². The first-order valence-electron chi connectivity index (χ1n) is 4.22. The van der Waals surface area contributed by atoms with Crippen LogP contribution in [0.3, 0.4) is 0 Å². The van der Waals surface area contributed by atoms with Crippen molar-refractivity contribution < 1.29 is 0 Å². The Morgan fingerprint density at radius 3 is 3.00 bits per heavy atom.